The molecule has 0 saturated heterocycles. The monoisotopic (exact) mass is 340 g/mol. The van der Waals surface area contributed by atoms with Gasteiger partial charge in [0.1, 0.15) is 12.4 Å². The van der Waals surface area contributed by atoms with E-state index < -0.39 is 6.09 Å². The average Bonchev–Trinajstić information content (AvgIpc) is 2.78. The fourth-order valence-electron chi connectivity index (χ4n) is 2.56. The zero-order valence-electron chi connectivity index (χ0n) is 14.0. The van der Waals surface area contributed by atoms with Crippen LogP contribution in [0, 0.1) is 0 Å². The smallest absolute Gasteiger partial charge is 0.407 e. The Labute approximate surface area is 146 Å². The summed E-state index contributed by atoms with van der Waals surface area (Å²) >= 11 is 0. The minimum absolute atomic E-state index is 0.00568. The SMILES string of the molecule is CN1C(=O)CCOc2ccc(CNC(=O)OCc3ccccc3)cc21. The van der Waals surface area contributed by atoms with Gasteiger partial charge in [0.15, 0.2) is 0 Å². The molecule has 25 heavy (non-hydrogen) atoms. The van der Waals surface area contributed by atoms with E-state index in [0.717, 1.165) is 11.1 Å². The predicted octanol–water partition coefficient (Wildman–Crippen LogP) is 2.86. The maximum Gasteiger partial charge on any atom is 0.407 e. The van der Waals surface area contributed by atoms with Gasteiger partial charge in [0.25, 0.3) is 0 Å². The van der Waals surface area contributed by atoms with Crippen LogP contribution in [0.25, 0.3) is 0 Å². The molecule has 0 saturated carbocycles. The molecule has 2 aromatic carbocycles. The van der Waals surface area contributed by atoms with Gasteiger partial charge in [-0.2, -0.15) is 0 Å². The zero-order chi connectivity index (χ0) is 17.6. The maximum atomic E-state index is 11.9. The molecule has 0 aromatic heterocycles. The molecular formula is C19H20N2O4. The molecule has 3 rings (SSSR count). The molecule has 1 aliphatic rings. The number of carbonyl (C=O) groups is 2. The molecule has 130 valence electrons. The van der Waals surface area contributed by atoms with Crippen molar-refractivity contribution in [1.29, 1.82) is 0 Å². The quantitative estimate of drug-likeness (QED) is 0.929. The van der Waals surface area contributed by atoms with E-state index >= 15 is 0 Å². The van der Waals surface area contributed by atoms with Crippen LogP contribution in [0.15, 0.2) is 48.5 Å². The number of rotatable bonds is 4. The average molecular weight is 340 g/mol. The summed E-state index contributed by atoms with van der Waals surface area (Å²) in [5.74, 6) is 0.676. The lowest BCUT2D eigenvalue weighted by Gasteiger charge is -2.17. The van der Waals surface area contributed by atoms with E-state index in [1.165, 1.54) is 0 Å². The number of nitrogens with zero attached hydrogens (tertiary/aromatic N) is 1. The van der Waals surface area contributed by atoms with Crippen molar-refractivity contribution in [1.82, 2.24) is 5.32 Å². The van der Waals surface area contributed by atoms with Crippen molar-refractivity contribution >= 4 is 17.7 Å². The Kier molecular flexibility index (Phi) is 5.18. The van der Waals surface area contributed by atoms with E-state index in [2.05, 4.69) is 5.32 Å². The van der Waals surface area contributed by atoms with E-state index in [1.54, 1.807) is 11.9 Å². The molecule has 1 aliphatic heterocycles. The number of hydrogen-bond donors (Lipinski definition) is 1. The van der Waals surface area contributed by atoms with Crippen LogP contribution in [0.2, 0.25) is 0 Å². The molecular weight excluding hydrogens is 320 g/mol. The van der Waals surface area contributed by atoms with Crippen molar-refractivity contribution < 1.29 is 19.1 Å². The summed E-state index contributed by atoms with van der Waals surface area (Å²) in [5, 5.41) is 2.71. The largest absolute Gasteiger partial charge is 0.491 e. The van der Waals surface area contributed by atoms with Gasteiger partial charge < -0.3 is 19.7 Å². The van der Waals surface area contributed by atoms with E-state index in [1.807, 2.05) is 48.5 Å². The molecule has 0 bridgehead atoms. The van der Waals surface area contributed by atoms with Gasteiger partial charge in [-0.25, -0.2) is 4.79 Å². The van der Waals surface area contributed by atoms with Gasteiger partial charge in [0.2, 0.25) is 5.91 Å². The Morgan fingerprint density at radius 2 is 2.00 bits per heavy atom. The molecule has 0 fully saturated rings. The van der Waals surface area contributed by atoms with Crippen molar-refractivity contribution in [2.75, 3.05) is 18.6 Å². The molecule has 1 N–H and O–H groups in total. The van der Waals surface area contributed by atoms with Crippen molar-refractivity contribution in [3.63, 3.8) is 0 Å². The highest BCUT2D eigenvalue weighted by Crippen LogP contribution is 2.31. The first-order valence-corrected chi connectivity index (χ1v) is 8.10. The van der Waals surface area contributed by atoms with Gasteiger partial charge >= 0.3 is 6.09 Å². The standard InChI is InChI=1S/C19H20N2O4/c1-21-16-11-15(7-8-17(16)24-10-9-18(21)22)12-20-19(23)25-13-14-5-3-2-4-6-14/h2-8,11H,9-10,12-13H2,1H3,(H,20,23). The summed E-state index contributed by atoms with van der Waals surface area (Å²) in [6, 6.07) is 15.0. The lowest BCUT2D eigenvalue weighted by Crippen LogP contribution is -2.26. The highest BCUT2D eigenvalue weighted by molar-refractivity contribution is 5.95. The van der Waals surface area contributed by atoms with E-state index in [9.17, 15) is 9.59 Å². The highest BCUT2D eigenvalue weighted by Gasteiger charge is 2.20. The van der Waals surface area contributed by atoms with E-state index in [0.29, 0.717) is 31.0 Å². The summed E-state index contributed by atoms with van der Waals surface area (Å²) in [7, 11) is 1.72. The van der Waals surface area contributed by atoms with E-state index in [4.69, 9.17) is 9.47 Å². The molecule has 0 spiro atoms. The number of nitrogens with one attached hydrogen (secondary N) is 1. The van der Waals surface area contributed by atoms with Gasteiger partial charge in [0.05, 0.1) is 18.7 Å². The molecule has 6 heteroatoms. The summed E-state index contributed by atoms with van der Waals surface area (Å²) in [6.07, 6.45) is -0.135. The lowest BCUT2D eigenvalue weighted by molar-refractivity contribution is -0.118. The van der Waals surface area contributed by atoms with Crippen molar-refractivity contribution in [3.05, 3.63) is 59.7 Å². The van der Waals surface area contributed by atoms with Crippen molar-refractivity contribution in [2.45, 2.75) is 19.6 Å². The summed E-state index contributed by atoms with van der Waals surface area (Å²) in [4.78, 5) is 25.3. The Morgan fingerprint density at radius 3 is 2.80 bits per heavy atom. The number of ether oxygens (including phenoxy) is 2. The molecule has 2 amide bonds. The Balaban J connectivity index is 1.57. The van der Waals surface area contributed by atoms with Crippen LogP contribution >= 0.6 is 0 Å². The van der Waals surface area contributed by atoms with Gasteiger partial charge in [0, 0.05) is 13.6 Å². The Hall–Kier alpha value is -3.02. The number of benzene rings is 2. The topological polar surface area (TPSA) is 67.9 Å². The van der Waals surface area contributed by atoms with Gasteiger partial charge in [-0.05, 0) is 23.3 Å². The molecule has 1 heterocycles. The third-order valence-corrected chi connectivity index (χ3v) is 3.98. The molecule has 6 nitrogen and oxygen atoms in total. The van der Waals surface area contributed by atoms with Crippen LogP contribution in [0.1, 0.15) is 17.5 Å². The van der Waals surface area contributed by atoms with Gasteiger partial charge in [-0.3, -0.25) is 4.79 Å². The van der Waals surface area contributed by atoms with Gasteiger partial charge in [-0.1, -0.05) is 36.4 Å². The third kappa shape index (κ3) is 4.29. The first-order valence-electron chi connectivity index (χ1n) is 8.10. The summed E-state index contributed by atoms with van der Waals surface area (Å²) in [5.41, 5.74) is 2.50. The minimum atomic E-state index is -0.487. The van der Waals surface area contributed by atoms with Gasteiger partial charge in [-0.15, -0.1) is 0 Å². The summed E-state index contributed by atoms with van der Waals surface area (Å²) in [6.45, 7) is 0.907. The number of amides is 2. The first-order chi connectivity index (χ1) is 12.1. The zero-order valence-corrected chi connectivity index (χ0v) is 14.0. The van der Waals surface area contributed by atoms with E-state index in [-0.39, 0.29) is 12.5 Å². The van der Waals surface area contributed by atoms with Crippen LogP contribution in [-0.2, 0) is 22.7 Å². The fraction of sp³-hybridized carbons (Fsp3) is 0.263. The first kappa shape index (κ1) is 16.8. The van der Waals surface area contributed by atoms with Crippen molar-refractivity contribution in [2.24, 2.45) is 0 Å². The molecule has 0 radical (unpaired) electrons. The second-order valence-electron chi connectivity index (χ2n) is 5.77. The number of alkyl carbamates (subject to hydrolysis) is 1. The van der Waals surface area contributed by atoms with Crippen LogP contribution in [0.5, 0.6) is 5.75 Å². The Bertz CT molecular complexity index is 761. The highest BCUT2D eigenvalue weighted by atomic mass is 16.5. The third-order valence-electron chi connectivity index (χ3n) is 3.98. The Morgan fingerprint density at radius 1 is 1.20 bits per heavy atom. The van der Waals surface area contributed by atoms with Crippen LogP contribution < -0.4 is 15.0 Å². The molecule has 2 aromatic rings. The minimum Gasteiger partial charge on any atom is -0.491 e. The lowest BCUT2D eigenvalue weighted by atomic mass is 10.1. The molecule has 0 unspecified atom stereocenters. The molecule has 0 atom stereocenters. The number of fused-ring (bicyclic) bond motifs is 1. The van der Waals surface area contributed by atoms with Crippen LogP contribution in [0.3, 0.4) is 0 Å². The fourth-order valence-corrected chi connectivity index (χ4v) is 2.56. The molecule has 0 aliphatic carbocycles. The van der Waals surface area contributed by atoms with Crippen molar-refractivity contribution in [3.8, 4) is 5.75 Å². The second-order valence-corrected chi connectivity index (χ2v) is 5.77. The van der Waals surface area contributed by atoms with Crippen LogP contribution in [0.4, 0.5) is 10.5 Å². The van der Waals surface area contributed by atoms with Crippen LogP contribution in [-0.4, -0.2) is 25.7 Å². The maximum absolute atomic E-state index is 11.9. The number of anilines is 1. The number of carbonyl (C=O) groups excluding carboxylic acids is 2. The number of hydrogen-bond acceptors (Lipinski definition) is 4. The summed E-state index contributed by atoms with van der Waals surface area (Å²) < 4.78 is 10.8. The predicted molar refractivity (Wildman–Crippen MR) is 93.4 cm³/mol. The normalized spacial score (nSPS) is 13.5. The second kappa shape index (κ2) is 7.70.